The standard InChI is InChI=1S/C12H26N2O3.C8H19NO.CH4O.ClH/c1-12(2,3)17-11(15)14(5)8-7-13(4)9-10-16-6;1-4-5-6-9(2)7-8-10-3;1-2;/h7-10H2,1-6H3;4-8H2,1-3H3;2H,1H3;1H. The molecule has 0 aliphatic carbocycles. The minimum atomic E-state index is -0.437. The number of ether oxygens (including phenoxy) is 3. The average Bonchev–Trinajstić information content (AvgIpc) is 2.67. The van der Waals surface area contributed by atoms with Crippen LogP contribution in [0, 0.1) is 0 Å². The highest BCUT2D eigenvalue weighted by atomic mass is 35.5. The molecule has 0 saturated heterocycles. The maximum atomic E-state index is 11.6. The highest BCUT2D eigenvalue weighted by Crippen LogP contribution is 2.08. The fourth-order valence-corrected chi connectivity index (χ4v) is 1.90. The third-order valence-electron chi connectivity index (χ3n) is 3.77. The Labute approximate surface area is 192 Å². The molecule has 0 spiro atoms. The lowest BCUT2D eigenvalue weighted by Gasteiger charge is -2.26. The predicted molar refractivity (Wildman–Crippen MR) is 128 cm³/mol. The molecule has 0 bridgehead atoms. The highest BCUT2D eigenvalue weighted by molar-refractivity contribution is 5.85. The molecule has 0 saturated carbocycles. The van der Waals surface area contributed by atoms with Crippen LogP contribution >= 0.6 is 12.4 Å². The van der Waals surface area contributed by atoms with Crippen LogP contribution in [-0.4, -0.2) is 120 Å². The molecule has 8 nitrogen and oxygen atoms in total. The van der Waals surface area contributed by atoms with Crippen molar-refractivity contribution in [3.63, 3.8) is 0 Å². The van der Waals surface area contributed by atoms with E-state index in [-0.39, 0.29) is 18.5 Å². The minimum absolute atomic E-state index is 0. The lowest BCUT2D eigenvalue weighted by atomic mass is 10.2. The Bertz CT molecular complexity index is 350. The molecule has 0 fully saturated rings. The summed E-state index contributed by atoms with van der Waals surface area (Å²) in [5.74, 6) is 0. The summed E-state index contributed by atoms with van der Waals surface area (Å²) in [5.41, 5.74) is -0.437. The van der Waals surface area contributed by atoms with E-state index >= 15 is 0 Å². The minimum Gasteiger partial charge on any atom is -0.444 e. The molecular weight excluding hydrogens is 410 g/mol. The Balaban J connectivity index is -0.000000223. The summed E-state index contributed by atoms with van der Waals surface area (Å²) >= 11 is 0. The van der Waals surface area contributed by atoms with Gasteiger partial charge in [0, 0.05) is 54.6 Å². The Morgan fingerprint density at radius 1 is 0.833 bits per heavy atom. The first-order valence-electron chi connectivity index (χ1n) is 10.3. The van der Waals surface area contributed by atoms with Crippen molar-refractivity contribution >= 4 is 18.5 Å². The number of aliphatic hydroxyl groups is 1. The molecule has 0 unspecified atom stereocenters. The molecule has 1 N–H and O–H groups in total. The van der Waals surface area contributed by atoms with Crippen molar-refractivity contribution in [1.29, 1.82) is 0 Å². The van der Waals surface area contributed by atoms with E-state index in [0.717, 1.165) is 33.4 Å². The van der Waals surface area contributed by atoms with Gasteiger partial charge >= 0.3 is 6.09 Å². The third kappa shape index (κ3) is 29.6. The lowest BCUT2D eigenvalue weighted by Crippen LogP contribution is -2.39. The van der Waals surface area contributed by atoms with E-state index in [1.165, 1.54) is 19.4 Å². The van der Waals surface area contributed by atoms with Gasteiger partial charge in [0.2, 0.25) is 0 Å². The van der Waals surface area contributed by atoms with Gasteiger partial charge in [0.15, 0.2) is 0 Å². The number of hydrogen-bond donors (Lipinski definition) is 1. The maximum absolute atomic E-state index is 11.6. The van der Waals surface area contributed by atoms with Crippen molar-refractivity contribution in [1.82, 2.24) is 14.7 Å². The van der Waals surface area contributed by atoms with Crippen LogP contribution in [0.3, 0.4) is 0 Å². The zero-order valence-electron chi connectivity index (χ0n) is 21.2. The predicted octanol–water partition coefficient (Wildman–Crippen LogP) is 2.83. The van der Waals surface area contributed by atoms with Crippen LogP contribution in [-0.2, 0) is 14.2 Å². The molecule has 0 heterocycles. The van der Waals surface area contributed by atoms with Gasteiger partial charge in [-0.15, -0.1) is 12.4 Å². The van der Waals surface area contributed by atoms with Crippen LogP contribution in [0.15, 0.2) is 0 Å². The van der Waals surface area contributed by atoms with Crippen LogP contribution in [0.1, 0.15) is 40.5 Å². The summed E-state index contributed by atoms with van der Waals surface area (Å²) in [5, 5.41) is 7.00. The van der Waals surface area contributed by atoms with E-state index in [1.807, 2.05) is 27.8 Å². The molecule has 0 aliphatic rings. The van der Waals surface area contributed by atoms with Crippen molar-refractivity contribution in [2.75, 3.05) is 88.4 Å². The molecule has 0 aliphatic heterocycles. The van der Waals surface area contributed by atoms with Gasteiger partial charge in [-0.05, 0) is 47.8 Å². The monoisotopic (exact) mass is 459 g/mol. The molecular formula is C21H50ClN3O5. The number of carbonyl (C=O) groups is 1. The van der Waals surface area contributed by atoms with Crippen molar-refractivity contribution in [2.45, 2.75) is 46.1 Å². The number of amides is 1. The smallest absolute Gasteiger partial charge is 0.410 e. The number of likely N-dealkylation sites (N-methyl/N-ethyl adjacent to an activating group) is 3. The summed E-state index contributed by atoms with van der Waals surface area (Å²) < 4.78 is 15.2. The number of rotatable bonds is 12. The molecule has 1 amide bonds. The van der Waals surface area contributed by atoms with E-state index in [4.69, 9.17) is 19.3 Å². The topological polar surface area (TPSA) is 74.7 Å². The lowest BCUT2D eigenvalue weighted by molar-refractivity contribution is 0.0284. The second kappa shape index (κ2) is 24.6. The normalized spacial score (nSPS) is 10.4. The molecule has 9 heteroatoms. The number of aliphatic hydroxyl groups excluding tert-OH is 1. The van der Waals surface area contributed by atoms with Crippen LogP contribution < -0.4 is 0 Å². The van der Waals surface area contributed by atoms with E-state index in [9.17, 15) is 4.79 Å². The van der Waals surface area contributed by atoms with Gasteiger partial charge in [-0.3, -0.25) is 0 Å². The molecule has 30 heavy (non-hydrogen) atoms. The number of halogens is 1. The van der Waals surface area contributed by atoms with Crippen molar-refractivity contribution in [3.8, 4) is 0 Å². The van der Waals surface area contributed by atoms with Crippen molar-refractivity contribution < 1.29 is 24.1 Å². The van der Waals surface area contributed by atoms with Crippen molar-refractivity contribution in [3.05, 3.63) is 0 Å². The van der Waals surface area contributed by atoms with Gasteiger partial charge in [-0.2, -0.15) is 0 Å². The summed E-state index contributed by atoms with van der Waals surface area (Å²) in [6.45, 7) is 13.9. The Kier molecular flexibility index (Phi) is 30.1. The quantitative estimate of drug-likeness (QED) is 0.481. The molecule has 0 rings (SSSR count). The highest BCUT2D eigenvalue weighted by Gasteiger charge is 2.19. The second-order valence-corrected chi connectivity index (χ2v) is 7.85. The van der Waals surface area contributed by atoms with Gasteiger partial charge in [-0.25, -0.2) is 4.79 Å². The van der Waals surface area contributed by atoms with Crippen LogP contribution in [0.25, 0.3) is 0 Å². The van der Waals surface area contributed by atoms with E-state index < -0.39 is 5.60 Å². The number of nitrogens with zero attached hydrogens (tertiary/aromatic N) is 3. The number of unbranched alkanes of at least 4 members (excludes halogenated alkanes) is 1. The Morgan fingerprint density at radius 2 is 1.27 bits per heavy atom. The number of hydrogen-bond acceptors (Lipinski definition) is 7. The maximum Gasteiger partial charge on any atom is 0.410 e. The summed E-state index contributed by atoms with van der Waals surface area (Å²) in [6, 6.07) is 0. The first-order chi connectivity index (χ1) is 13.6. The molecule has 0 aromatic heterocycles. The molecule has 186 valence electrons. The molecule has 0 aromatic rings. The second-order valence-electron chi connectivity index (χ2n) is 7.85. The van der Waals surface area contributed by atoms with E-state index in [0.29, 0.717) is 13.2 Å². The van der Waals surface area contributed by atoms with Gasteiger partial charge in [0.25, 0.3) is 0 Å². The van der Waals surface area contributed by atoms with Gasteiger partial charge in [0.05, 0.1) is 13.2 Å². The van der Waals surface area contributed by atoms with E-state index in [2.05, 4.69) is 23.8 Å². The van der Waals surface area contributed by atoms with Crippen LogP contribution in [0.2, 0.25) is 0 Å². The number of carbonyl (C=O) groups excluding carboxylic acids is 1. The average molecular weight is 460 g/mol. The van der Waals surface area contributed by atoms with Crippen LogP contribution in [0.4, 0.5) is 4.79 Å². The largest absolute Gasteiger partial charge is 0.444 e. The molecule has 0 aromatic carbocycles. The van der Waals surface area contributed by atoms with Crippen molar-refractivity contribution in [2.24, 2.45) is 0 Å². The Morgan fingerprint density at radius 3 is 1.63 bits per heavy atom. The third-order valence-corrected chi connectivity index (χ3v) is 3.77. The zero-order chi connectivity index (χ0) is 23.3. The summed E-state index contributed by atoms with van der Waals surface area (Å²) in [4.78, 5) is 17.7. The summed E-state index contributed by atoms with van der Waals surface area (Å²) in [6.07, 6.45) is 2.29. The fraction of sp³-hybridized carbons (Fsp3) is 0.952. The fourth-order valence-electron chi connectivity index (χ4n) is 1.90. The number of methoxy groups -OCH3 is 2. The van der Waals surface area contributed by atoms with Gasteiger partial charge in [-0.1, -0.05) is 13.3 Å². The SMILES string of the molecule is CCCCN(C)CCOC.CO.COCCN(C)CCN(C)C(=O)OC(C)(C)C.Cl. The first-order valence-corrected chi connectivity index (χ1v) is 10.3. The summed E-state index contributed by atoms with van der Waals surface area (Å²) in [7, 11) is 10.3. The molecule has 0 radical (unpaired) electrons. The van der Waals surface area contributed by atoms with Gasteiger partial charge < -0.3 is 34.0 Å². The molecule has 0 atom stereocenters. The first kappa shape index (κ1) is 36.7. The van der Waals surface area contributed by atoms with E-state index in [1.54, 1.807) is 26.2 Å². The Hall–Kier alpha value is -0.640. The van der Waals surface area contributed by atoms with Gasteiger partial charge in [0.1, 0.15) is 5.60 Å². The van der Waals surface area contributed by atoms with Crippen LogP contribution in [0.5, 0.6) is 0 Å². The zero-order valence-corrected chi connectivity index (χ0v) is 22.0.